The molecule has 0 aliphatic heterocycles. The molecule has 0 atom stereocenters. The van der Waals surface area contributed by atoms with Crippen LogP contribution in [0.3, 0.4) is 0 Å². The minimum atomic E-state index is 0.554. The first-order valence-electron chi connectivity index (χ1n) is 6.40. The van der Waals surface area contributed by atoms with Crippen LogP contribution in [0.1, 0.15) is 25.8 Å². The van der Waals surface area contributed by atoms with E-state index in [9.17, 15) is 0 Å². The van der Waals surface area contributed by atoms with Crippen LogP contribution in [0, 0.1) is 0 Å². The Morgan fingerprint density at radius 1 is 1.28 bits per heavy atom. The van der Waals surface area contributed by atoms with E-state index in [1.807, 2.05) is 18.2 Å². The Balaban J connectivity index is 2.28. The molecule has 1 aromatic rings. The van der Waals surface area contributed by atoms with Gasteiger partial charge in [0, 0.05) is 23.2 Å². The molecule has 4 heteroatoms. The first kappa shape index (κ1) is 15.3. The molecule has 0 bridgehead atoms. The molecule has 0 aliphatic rings. The quantitative estimate of drug-likeness (QED) is 0.713. The van der Waals surface area contributed by atoms with Crippen molar-refractivity contribution in [2.24, 2.45) is 0 Å². The number of hydrogen-bond donors (Lipinski definition) is 2. The maximum atomic E-state index is 5.98. The Morgan fingerprint density at radius 3 is 2.72 bits per heavy atom. The molecule has 0 aromatic heterocycles. The number of benzene rings is 1. The average Bonchev–Trinajstić information content (AvgIpc) is 2.33. The van der Waals surface area contributed by atoms with Crippen molar-refractivity contribution in [3.05, 3.63) is 28.8 Å². The van der Waals surface area contributed by atoms with Crippen LogP contribution in [0.4, 0.5) is 0 Å². The minimum absolute atomic E-state index is 0.554. The first-order chi connectivity index (χ1) is 8.63. The molecule has 0 radical (unpaired) electrons. The monoisotopic (exact) mass is 270 g/mol. The summed E-state index contributed by atoms with van der Waals surface area (Å²) in [6.07, 6.45) is 1.11. The lowest BCUT2D eigenvalue weighted by molar-refractivity contribution is 0.407. The standard InChI is InChI=1S/C14H23ClN2O/c1-11(2)17-8-4-7-16-10-12-9-13(15)5-6-14(12)18-3/h5-6,9,11,16-17H,4,7-8,10H2,1-3H3. The summed E-state index contributed by atoms with van der Waals surface area (Å²) in [5, 5.41) is 7.53. The van der Waals surface area contributed by atoms with Crippen molar-refractivity contribution in [1.82, 2.24) is 10.6 Å². The number of halogens is 1. The van der Waals surface area contributed by atoms with Crippen molar-refractivity contribution in [3.8, 4) is 5.75 Å². The van der Waals surface area contributed by atoms with Gasteiger partial charge in [0.2, 0.25) is 0 Å². The van der Waals surface area contributed by atoms with Gasteiger partial charge in [-0.3, -0.25) is 0 Å². The van der Waals surface area contributed by atoms with Crippen molar-refractivity contribution in [1.29, 1.82) is 0 Å². The van der Waals surface area contributed by atoms with Crippen molar-refractivity contribution < 1.29 is 4.74 Å². The van der Waals surface area contributed by atoms with E-state index in [-0.39, 0.29) is 0 Å². The third kappa shape index (κ3) is 5.71. The van der Waals surface area contributed by atoms with Gasteiger partial charge in [0.15, 0.2) is 0 Å². The van der Waals surface area contributed by atoms with Gasteiger partial charge in [0.1, 0.15) is 5.75 Å². The van der Waals surface area contributed by atoms with E-state index in [2.05, 4.69) is 24.5 Å². The van der Waals surface area contributed by atoms with Gasteiger partial charge in [-0.1, -0.05) is 25.4 Å². The van der Waals surface area contributed by atoms with Crippen molar-refractivity contribution >= 4 is 11.6 Å². The molecule has 0 fully saturated rings. The fourth-order valence-electron chi connectivity index (χ4n) is 1.71. The molecule has 0 amide bonds. The van der Waals surface area contributed by atoms with Gasteiger partial charge in [-0.15, -0.1) is 0 Å². The van der Waals surface area contributed by atoms with E-state index in [0.29, 0.717) is 6.04 Å². The third-order valence-electron chi connectivity index (χ3n) is 2.64. The maximum absolute atomic E-state index is 5.98. The molecule has 18 heavy (non-hydrogen) atoms. The lowest BCUT2D eigenvalue weighted by Crippen LogP contribution is -2.26. The fraction of sp³-hybridized carbons (Fsp3) is 0.571. The smallest absolute Gasteiger partial charge is 0.123 e. The normalized spacial score (nSPS) is 10.9. The van der Waals surface area contributed by atoms with Crippen molar-refractivity contribution in [3.63, 3.8) is 0 Å². The topological polar surface area (TPSA) is 33.3 Å². The zero-order valence-electron chi connectivity index (χ0n) is 11.4. The van der Waals surface area contributed by atoms with E-state index >= 15 is 0 Å². The SMILES string of the molecule is COc1ccc(Cl)cc1CNCCCNC(C)C. The largest absolute Gasteiger partial charge is 0.496 e. The molecule has 3 nitrogen and oxygen atoms in total. The lowest BCUT2D eigenvalue weighted by atomic mass is 10.2. The summed E-state index contributed by atoms with van der Waals surface area (Å²) in [6, 6.07) is 6.24. The van der Waals surface area contributed by atoms with Crippen LogP contribution >= 0.6 is 11.6 Å². The molecular weight excluding hydrogens is 248 g/mol. The zero-order chi connectivity index (χ0) is 13.4. The highest BCUT2D eigenvalue weighted by Crippen LogP contribution is 2.22. The van der Waals surface area contributed by atoms with Gasteiger partial charge in [0.25, 0.3) is 0 Å². The number of hydrogen-bond acceptors (Lipinski definition) is 3. The summed E-state index contributed by atoms with van der Waals surface area (Å²) in [6.45, 7) is 7.12. The predicted molar refractivity (Wildman–Crippen MR) is 77.5 cm³/mol. The van der Waals surface area contributed by atoms with Crippen LogP contribution in [0.15, 0.2) is 18.2 Å². The van der Waals surface area contributed by atoms with Crippen molar-refractivity contribution in [2.75, 3.05) is 20.2 Å². The van der Waals surface area contributed by atoms with Gasteiger partial charge in [-0.2, -0.15) is 0 Å². The van der Waals surface area contributed by atoms with Gasteiger partial charge in [0.05, 0.1) is 7.11 Å². The highest BCUT2D eigenvalue weighted by molar-refractivity contribution is 6.30. The summed E-state index contributed by atoms with van der Waals surface area (Å²) in [7, 11) is 1.68. The lowest BCUT2D eigenvalue weighted by Gasteiger charge is -2.11. The molecule has 102 valence electrons. The van der Waals surface area contributed by atoms with Gasteiger partial charge in [-0.05, 0) is 37.7 Å². The number of rotatable bonds is 8. The van der Waals surface area contributed by atoms with Crippen LogP contribution in [0.5, 0.6) is 5.75 Å². The molecule has 0 saturated carbocycles. The highest BCUT2D eigenvalue weighted by atomic mass is 35.5. The zero-order valence-corrected chi connectivity index (χ0v) is 12.2. The van der Waals surface area contributed by atoms with Gasteiger partial charge >= 0.3 is 0 Å². The van der Waals surface area contributed by atoms with Crippen LogP contribution < -0.4 is 15.4 Å². The van der Waals surface area contributed by atoms with Crippen LogP contribution in [0.2, 0.25) is 5.02 Å². The molecular formula is C14H23ClN2O. The predicted octanol–water partition coefficient (Wildman–Crippen LogP) is 2.83. The van der Waals surface area contributed by atoms with Crippen LogP contribution in [0.25, 0.3) is 0 Å². The summed E-state index contributed by atoms with van der Waals surface area (Å²) in [5.74, 6) is 0.882. The molecule has 0 heterocycles. The third-order valence-corrected chi connectivity index (χ3v) is 2.88. The summed E-state index contributed by atoms with van der Waals surface area (Å²) in [5.41, 5.74) is 1.10. The van der Waals surface area contributed by atoms with Crippen molar-refractivity contribution in [2.45, 2.75) is 32.9 Å². The van der Waals surface area contributed by atoms with E-state index in [0.717, 1.165) is 42.4 Å². The summed E-state index contributed by atoms with van der Waals surface area (Å²) < 4.78 is 5.30. The van der Waals surface area contributed by atoms with E-state index < -0.39 is 0 Å². The second-order valence-electron chi connectivity index (χ2n) is 4.60. The van der Waals surface area contributed by atoms with Gasteiger partial charge in [-0.25, -0.2) is 0 Å². The Morgan fingerprint density at radius 2 is 2.06 bits per heavy atom. The van der Waals surface area contributed by atoms with E-state index in [4.69, 9.17) is 16.3 Å². The van der Waals surface area contributed by atoms with Gasteiger partial charge < -0.3 is 15.4 Å². The second-order valence-corrected chi connectivity index (χ2v) is 5.03. The Kier molecular flexibility index (Phi) is 7.09. The molecule has 2 N–H and O–H groups in total. The minimum Gasteiger partial charge on any atom is -0.496 e. The molecule has 0 saturated heterocycles. The maximum Gasteiger partial charge on any atom is 0.123 e. The van der Waals surface area contributed by atoms with Crippen LogP contribution in [-0.2, 0) is 6.54 Å². The molecule has 1 aromatic carbocycles. The molecule has 0 unspecified atom stereocenters. The fourth-order valence-corrected chi connectivity index (χ4v) is 1.91. The molecule has 1 rings (SSSR count). The average molecular weight is 271 g/mol. The Hall–Kier alpha value is -0.770. The number of methoxy groups -OCH3 is 1. The van der Waals surface area contributed by atoms with Crippen LogP contribution in [-0.4, -0.2) is 26.2 Å². The number of ether oxygens (including phenoxy) is 1. The summed E-state index contributed by atoms with van der Waals surface area (Å²) in [4.78, 5) is 0. The Labute approximate surface area is 115 Å². The Bertz CT molecular complexity index is 356. The summed E-state index contributed by atoms with van der Waals surface area (Å²) >= 11 is 5.98. The molecule has 0 aliphatic carbocycles. The molecule has 0 spiro atoms. The van der Waals surface area contributed by atoms with E-state index in [1.165, 1.54) is 0 Å². The first-order valence-corrected chi connectivity index (χ1v) is 6.77. The number of nitrogens with one attached hydrogen (secondary N) is 2. The van der Waals surface area contributed by atoms with E-state index in [1.54, 1.807) is 7.11 Å². The highest BCUT2D eigenvalue weighted by Gasteiger charge is 2.03. The second kappa shape index (κ2) is 8.35.